The number of rotatable bonds is 6. The van der Waals surface area contributed by atoms with Crippen molar-refractivity contribution < 1.29 is 24.2 Å². The van der Waals surface area contributed by atoms with Gasteiger partial charge >= 0.3 is 0 Å². The molecule has 1 N–H and O–H groups in total. The molecule has 2 heterocycles. The van der Waals surface area contributed by atoms with Gasteiger partial charge in [-0.05, 0) is 61.9 Å². The predicted octanol–water partition coefficient (Wildman–Crippen LogP) is 4.42. The lowest BCUT2D eigenvalue weighted by atomic mass is 9.96. The van der Waals surface area contributed by atoms with Crippen LogP contribution in [0.4, 0.5) is 5.69 Å². The summed E-state index contributed by atoms with van der Waals surface area (Å²) in [6, 6.07) is 16.4. The average Bonchev–Trinajstić information content (AvgIpc) is 3.10. The largest absolute Gasteiger partial charge is 0.507 e. The number of carbonyl (C=O) groups excluding carboxylic acids is 2. The number of hydrogen-bond donors (Lipinski definition) is 1. The van der Waals surface area contributed by atoms with Gasteiger partial charge in [0.1, 0.15) is 23.3 Å². The Kier molecular flexibility index (Phi) is 6.13. The van der Waals surface area contributed by atoms with Crippen LogP contribution >= 0.6 is 0 Å². The fourth-order valence-electron chi connectivity index (χ4n) is 3.98. The Hall–Kier alpha value is -4.13. The van der Waals surface area contributed by atoms with E-state index in [0.717, 1.165) is 0 Å². The Morgan fingerprint density at radius 1 is 1.06 bits per heavy atom. The summed E-state index contributed by atoms with van der Waals surface area (Å²) in [4.78, 5) is 32.2. The first-order valence-electron chi connectivity index (χ1n) is 10.6. The number of amides is 1. The van der Waals surface area contributed by atoms with Gasteiger partial charge in [-0.3, -0.25) is 19.5 Å². The van der Waals surface area contributed by atoms with Crippen LogP contribution in [-0.4, -0.2) is 35.5 Å². The molecule has 33 heavy (non-hydrogen) atoms. The number of hydrogen-bond acceptors (Lipinski definition) is 6. The van der Waals surface area contributed by atoms with Gasteiger partial charge < -0.3 is 14.6 Å². The van der Waals surface area contributed by atoms with Crippen molar-refractivity contribution in [3.63, 3.8) is 0 Å². The first-order valence-corrected chi connectivity index (χ1v) is 10.6. The van der Waals surface area contributed by atoms with Crippen LogP contribution in [0.3, 0.4) is 0 Å². The highest BCUT2D eigenvalue weighted by atomic mass is 16.5. The highest BCUT2D eigenvalue weighted by molar-refractivity contribution is 6.51. The van der Waals surface area contributed by atoms with Gasteiger partial charge in [-0.15, -0.1) is 0 Å². The van der Waals surface area contributed by atoms with Crippen molar-refractivity contribution in [1.29, 1.82) is 0 Å². The Labute approximate surface area is 191 Å². The third-order valence-corrected chi connectivity index (χ3v) is 5.51. The van der Waals surface area contributed by atoms with Crippen molar-refractivity contribution in [2.45, 2.75) is 19.9 Å². The summed E-state index contributed by atoms with van der Waals surface area (Å²) in [6.45, 7) is 4.13. The molecule has 1 fully saturated rings. The lowest BCUT2D eigenvalue weighted by Gasteiger charge is -2.25. The van der Waals surface area contributed by atoms with Crippen molar-refractivity contribution in [2.24, 2.45) is 0 Å². The fourth-order valence-corrected chi connectivity index (χ4v) is 3.98. The molecule has 0 aliphatic carbocycles. The molecule has 2 aromatic carbocycles. The maximum Gasteiger partial charge on any atom is 0.300 e. The summed E-state index contributed by atoms with van der Waals surface area (Å²) in [5.41, 5.74) is 2.07. The molecule has 1 saturated heterocycles. The van der Waals surface area contributed by atoms with Gasteiger partial charge in [0.15, 0.2) is 0 Å². The molecule has 1 aliphatic heterocycles. The molecule has 3 aromatic rings. The second-order valence-corrected chi connectivity index (χ2v) is 7.53. The summed E-state index contributed by atoms with van der Waals surface area (Å²) in [6.07, 6.45) is 1.59. The Morgan fingerprint density at radius 3 is 2.55 bits per heavy atom. The molecule has 1 atom stereocenters. The number of ether oxygens (including phenoxy) is 2. The van der Waals surface area contributed by atoms with Gasteiger partial charge in [-0.1, -0.05) is 12.1 Å². The first-order chi connectivity index (χ1) is 16.0. The van der Waals surface area contributed by atoms with E-state index >= 15 is 0 Å². The number of nitrogens with zero attached hydrogens (tertiary/aromatic N) is 2. The van der Waals surface area contributed by atoms with E-state index in [1.165, 1.54) is 4.90 Å². The molecule has 0 radical (unpaired) electrons. The van der Waals surface area contributed by atoms with Crippen molar-refractivity contribution >= 4 is 23.1 Å². The van der Waals surface area contributed by atoms with Crippen LogP contribution in [0.1, 0.15) is 29.8 Å². The van der Waals surface area contributed by atoms with Crippen LogP contribution in [-0.2, 0) is 9.59 Å². The highest BCUT2D eigenvalue weighted by Crippen LogP contribution is 2.42. The highest BCUT2D eigenvalue weighted by Gasteiger charge is 2.47. The van der Waals surface area contributed by atoms with Crippen LogP contribution in [0.15, 0.2) is 72.4 Å². The zero-order valence-corrected chi connectivity index (χ0v) is 18.6. The number of carbonyl (C=O) groups is 2. The third-order valence-electron chi connectivity index (χ3n) is 5.51. The molecular formula is C26H24N2O5. The van der Waals surface area contributed by atoms with Gasteiger partial charge in [-0.25, -0.2) is 0 Å². The molecule has 0 bridgehead atoms. The predicted molar refractivity (Wildman–Crippen MR) is 124 cm³/mol. The van der Waals surface area contributed by atoms with Crippen molar-refractivity contribution in [2.75, 3.05) is 18.6 Å². The number of anilines is 1. The molecule has 7 nitrogen and oxygen atoms in total. The van der Waals surface area contributed by atoms with Crippen molar-refractivity contribution in [3.05, 3.63) is 89.3 Å². The zero-order chi connectivity index (χ0) is 23.5. The van der Waals surface area contributed by atoms with Crippen molar-refractivity contribution in [3.8, 4) is 11.5 Å². The molecule has 1 unspecified atom stereocenters. The SMILES string of the molecule is CCOc1cccc(N2C(=O)C(=O)/C(=C(\O)c3ccc(OC)cc3C)C2c2ccccn2)c1. The number of methoxy groups -OCH3 is 1. The summed E-state index contributed by atoms with van der Waals surface area (Å²) in [7, 11) is 1.55. The van der Waals surface area contributed by atoms with E-state index in [9.17, 15) is 14.7 Å². The summed E-state index contributed by atoms with van der Waals surface area (Å²) < 4.78 is 10.8. The van der Waals surface area contributed by atoms with Gasteiger partial charge in [0.05, 0.1) is 25.0 Å². The minimum atomic E-state index is -0.899. The summed E-state index contributed by atoms with van der Waals surface area (Å²) >= 11 is 0. The van der Waals surface area contributed by atoms with Crippen LogP contribution < -0.4 is 14.4 Å². The van der Waals surface area contributed by atoms with E-state index in [0.29, 0.717) is 40.6 Å². The number of aromatic nitrogens is 1. The number of aliphatic hydroxyl groups is 1. The smallest absolute Gasteiger partial charge is 0.300 e. The quantitative estimate of drug-likeness (QED) is 0.344. The van der Waals surface area contributed by atoms with E-state index in [1.54, 1.807) is 80.9 Å². The topological polar surface area (TPSA) is 89.0 Å². The van der Waals surface area contributed by atoms with E-state index in [-0.39, 0.29) is 11.3 Å². The van der Waals surface area contributed by atoms with Crippen LogP contribution in [0.2, 0.25) is 0 Å². The Balaban J connectivity index is 1.92. The van der Waals surface area contributed by atoms with Gasteiger partial charge in [0, 0.05) is 23.5 Å². The lowest BCUT2D eigenvalue weighted by molar-refractivity contribution is -0.132. The van der Waals surface area contributed by atoms with E-state index in [1.807, 2.05) is 6.92 Å². The number of benzene rings is 2. The van der Waals surface area contributed by atoms with E-state index in [4.69, 9.17) is 9.47 Å². The molecule has 1 aliphatic rings. The Bertz CT molecular complexity index is 1240. The lowest BCUT2D eigenvalue weighted by Crippen LogP contribution is -2.29. The van der Waals surface area contributed by atoms with Gasteiger partial charge in [0.25, 0.3) is 11.7 Å². The number of aryl methyl sites for hydroxylation is 1. The molecule has 0 spiro atoms. The maximum atomic E-state index is 13.2. The molecule has 168 valence electrons. The second-order valence-electron chi connectivity index (χ2n) is 7.53. The second kappa shape index (κ2) is 9.16. The van der Waals surface area contributed by atoms with Gasteiger partial charge in [-0.2, -0.15) is 0 Å². The van der Waals surface area contributed by atoms with Crippen molar-refractivity contribution in [1.82, 2.24) is 4.98 Å². The molecular weight excluding hydrogens is 420 g/mol. The summed E-state index contributed by atoms with van der Waals surface area (Å²) in [5, 5.41) is 11.3. The monoisotopic (exact) mass is 444 g/mol. The minimum absolute atomic E-state index is 0.0196. The third kappa shape index (κ3) is 4.05. The maximum absolute atomic E-state index is 13.2. The first kappa shape index (κ1) is 22.1. The standard InChI is InChI=1S/C26H24N2O5/c1-4-33-19-9-7-8-17(15-19)28-23(21-10-5-6-13-27-21)22(25(30)26(28)31)24(29)20-12-11-18(32-3)14-16(20)2/h5-15,23,29H,4H2,1-3H3/b24-22-. The molecule has 7 heteroatoms. The number of pyridine rings is 1. The Morgan fingerprint density at radius 2 is 1.88 bits per heavy atom. The van der Waals surface area contributed by atoms with Gasteiger partial charge in [0.2, 0.25) is 0 Å². The summed E-state index contributed by atoms with van der Waals surface area (Å²) in [5.74, 6) is -0.582. The molecule has 1 aromatic heterocycles. The van der Waals surface area contributed by atoms with Crippen LogP contribution in [0.5, 0.6) is 11.5 Å². The average molecular weight is 444 g/mol. The molecule has 0 saturated carbocycles. The van der Waals surface area contributed by atoms with Crippen LogP contribution in [0.25, 0.3) is 5.76 Å². The normalized spacial score (nSPS) is 17.3. The number of ketones is 1. The minimum Gasteiger partial charge on any atom is -0.507 e. The zero-order valence-electron chi connectivity index (χ0n) is 18.6. The number of aliphatic hydroxyl groups excluding tert-OH is 1. The van der Waals surface area contributed by atoms with Crippen LogP contribution in [0, 0.1) is 6.92 Å². The molecule has 4 rings (SSSR count). The van der Waals surface area contributed by atoms with E-state index < -0.39 is 17.7 Å². The molecule has 1 amide bonds. The fraction of sp³-hybridized carbons (Fsp3) is 0.192. The number of Topliss-reactive ketones (excluding diaryl/α,β-unsaturated/α-hetero) is 1. The van der Waals surface area contributed by atoms with E-state index in [2.05, 4.69) is 4.98 Å².